The molecule has 2 atom stereocenters. The minimum atomic E-state index is -0.476. The van der Waals surface area contributed by atoms with Gasteiger partial charge in [0.1, 0.15) is 12.4 Å². The number of rotatable bonds is 8. The number of hydrogen-bond acceptors (Lipinski definition) is 4. The Hall–Kier alpha value is -1.59. The van der Waals surface area contributed by atoms with Crippen LogP contribution in [0.1, 0.15) is 39.5 Å². The molecule has 0 spiro atoms. The maximum Gasteiger partial charge on any atom is 0.241 e. The first-order valence-corrected chi connectivity index (χ1v) is 9.12. The third-order valence-corrected chi connectivity index (χ3v) is 4.81. The van der Waals surface area contributed by atoms with Crippen LogP contribution in [0.2, 0.25) is 0 Å². The van der Waals surface area contributed by atoms with Crippen LogP contribution in [0.5, 0.6) is 5.75 Å². The van der Waals surface area contributed by atoms with Gasteiger partial charge in [-0.25, -0.2) is 0 Å². The zero-order chi connectivity index (χ0) is 17.4. The van der Waals surface area contributed by atoms with Crippen molar-refractivity contribution in [2.45, 2.75) is 45.6 Å². The van der Waals surface area contributed by atoms with Gasteiger partial charge in [-0.15, -0.1) is 0 Å². The average Bonchev–Trinajstić information content (AvgIpc) is 2.62. The third kappa shape index (κ3) is 5.80. The standard InChI is InChI=1S/C19H31N3O2/c1-3-15(2)18(20)19(23)21-16-7-9-17(10-8-16)24-14-13-22-11-5-4-6-12-22/h7-10,15,18H,3-6,11-14,20H2,1-2H3,(H,21,23). The van der Waals surface area contributed by atoms with Crippen molar-refractivity contribution in [3.05, 3.63) is 24.3 Å². The predicted octanol–water partition coefficient (Wildman–Crippen LogP) is 2.86. The average molecular weight is 333 g/mol. The molecule has 2 rings (SSSR count). The molecule has 1 saturated heterocycles. The lowest BCUT2D eigenvalue weighted by Gasteiger charge is -2.26. The molecule has 0 saturated carbocycles. The second kappa shape index (κ2) is 9.64. The number of hydrogen-bond donors (Lipinski definition) is 2. The van der Waals surface area contributed by atoms with Crippen molar-refractivity contribution in [1.29, 1.82) is 0 Å². The van der Waals surface area contributed by atoms with Gasteiger partial charge in [-0.1, -0.05) is 26.7 Å². The van der Waals surface area contributed by atoms with E-state index in [0.717, 1.165) is 24.4 Å². The molecule has 3 N–H and O–H groups in total. The van der Waals surface area contributed by atoms with Crippen molar-refractivity contribution >= 4 is 11.6 Å². The molecule has 5 heteroatoms. The van der Waals surface area contributed by atoms with E-state index in [-0.39, 0.29) is 11.8 Å². The Labute approximate surface area is 145 Å². The third-order valence-electron chi connectivity index (χ3n) is 4.81. The van der Waals surface area contributed by atoms with E-state index in [0.29, 0.717) is 6.61 Å². The first-order valence-electron chi connectivity index (χ1n) is 9.12. The lowest BCUT2D eigenvalue weighted by molar-refractivity contribution is -0.118. The molecule has 1 aliphatic rings. The van der Waals surface area contributed by atoms with Gasteiger partial charge in [-0.3, -0.25) is 9.69 Å². The van der Waals surface area contributed by atoms with Gasteiger partial charge in [-0.2, -0.15) is 0 Å². The molecule has 1 fully saturated rings. The van der Waals surface area contributed by atoms with Gasteiger partial charge in [0.2, 0.25) is 5.91 Å². The molecule has 2 unspecified atom stereocenters. The molecule has 5 nitrogen and oxygen atoms in total. The molecule has 24 heavy (non-hydrogen) atoms. The van der Waals surface area contributed by atoms with Crippen LogP contribution in [0, 0.1) is 5.92 Å². The normalized spacial score (nSPS) is 18.0. The summed E-state index contributed by atoms with van der Waals surface area (Å²) in [4.78, 5) is 14.5. The first-order chi connectivity index (χ1) is 11.6. The van der Waals surface area contributed by atoms with Crippen LogP contribution in [0.3, 0.4) is 0 Å². The Morgan fingerprint density at radius 1 is 1.25 bits per heavy atom. The number of likely N-dealkylation sites (tertiary alicyclic amines) is 1. The number of piperidine rings is 1. The highest BCUT2D eigenvalue weighted by atomic mass is 16.5. The largest absolute Gasteiger partial charge is 0.492 e. The summed E-state index contributed by atoms with van der Waals surface area (Å²) in [6.45, 7) is 8.07. The zero-order valence-electron chi connectivity index (χ0n) is 15.0. The van der Waals surface area contributed by atoms with Crippen molar-refractivity contribution in [2.24, 2.45) is 11.7 Å². The van der Waals surface area contributed by atoms with E-state index in [1.54, 1.807) is 0 Å². The number of carbonyl (C=O) groups excluding carboxylic acids is 1. The Kier molecular flexibility index (Phi) is 7.53. The van der Waals surface area contributed by atoms with Crippen molar-refractivity contribution in [1.82, 2.24) is 4.90 Å². The highest BCUT2D eigenvalue weighted by Crippen LogP contribution is 2.17. The monoisotopic (exact) mass is 333 g/mol. The molecule has 1 amide bonds. The van der Waals surface area contributed by atoms with E-state index in [2.05, 4.69) is 10.2 Å². The number of ether oxygens (including phenoxy) is 1. The van der Waals surface area contributed by atoms with Gasteiger partial charge < -0.3 is 15.8 Å². The number of nitrogens with one attached hydrogen (secondary N) is 1. The fraction of sp³-hybridized carbons (Fsp3) is 0.632. The summed E-state index contributed by atoms with van der Waals surface area (Å²) in [5.41, 5.74) is 6.70. The second-order valence-corrected chi connectivity index (χ2v) is 6.68. The van der Waals surface area contributed by atoms with Gasteiger partial charge in [0.05, 0.1) is 6.04 Å². The quantitative estimate of drug-likeness (QED) is 0.767. The molecule has 0 aliphatic carbocycles. The molecule has 134 valence electrons. The van der Waals surface area contributed by atoms with Crippen LogP contribution in [0.15, 0.2) is 24.3 Å². The summed E-state index contributed by atoms with van der Waals surface area (Å²) >= 11 is 0. The van der Waals surface area contributed by atoms with E-state index in [4.69, 9.17) is 10.5 Å². The van der Waals surface area contributed by atoms with Crippen LogP contribution in [0.25, 0.3) is 0 Å². The van der Waals surface area contributed by atoms with Crippen molar-refractivity contribution in [3.8, 4) is 5.75 Å². The minimum Gasteiger partial charge on any atom is -0.492 e. The molecule has 0 radical (unpaired) electrons. The van der Waals surface area contributed by atoms with Crippen LogP contribution in [-0.4, -0.2) is 43.1 Å². The molecule has 0 aromatic heterocycles. The summed E-state index contributed by atoms with van der Waals surface area (Å²) in [5.74, 6) is 0.863. The molecular weight excluding hydrogens is 302 g/mol. The zero-order valence-corrected chi connectivity index (χ0v) is 15.0. The molecule has 1 aromatic carbocycles. The Morgan fingerprint density at radius 2 is 1.92 bits per heavy atom. The number of anilines is 1. The fourth-order valence-corrected chi connectivity index (χ4v) is 2.85. The summed E-state index contributed by atoms with van der Waals surface area (Å²) < 4.78 is 5.79. The van der Waals surface area contributed by atoms with Crippen molar-refractivity contribution in [3.63, 3.8) is 0 Å². The summed E-state index contributed by atoms with van der Waals surface area (Å²) in [5, 5.41) is 2.86. The van der Waals surface area contributed by atoms with Gasteiger partial charge in [0.25, 0.3) is 0 Å². The van der Waals surface area contributed by atoms with E-state index in [1.807, 2.05) is 38.1 Å². The van der Waals surface area contributed by atoms with Crippen LogP contribution in [-0.2, 0) is 4.79 Å². The van der Waals surface area contributed by atoms with Gasteiger partial charge >= 0.3 is 0 Å². The SMILES string of the molecule is CCC(C)C(N)C(=O)Nc1ccc(OCCN2CCCCC2)cc1. The molecule has 1 heterocycles. The molecule has 0 bridgehead atoms. The van der Waals surface area contributed by atoms with E-state index < -0.39 is 6.04 Å². The van der Waals surface area contributed by atoms with Gasteiger partial charge in [0, 0.05) is 12.2 Å². The first kappa shape index (κ1) is 18.7. The van der Waals surface area contributed by atoms with Gasteiger partial charge in [0.15, 0.2) is 0 Å². The topological polar surface area (TPSA) is 67.6 Å². The molecule has 1 aliphatic heterocycles. The lowest BCUT2D eigenvalue weighted by atomic mass is 9.99. The van der Waals surface area contributed by atoms with E-state index >= 15 is 0 Å². The minimum absolute atomic E-state index is 0.136. The molecule has 1 aromatic rings. The highest BCUT2D eigenvalue weighted by molar-refractivity contribution is 5.94. The number of benzene rings is 1. The number of carbonyl (C=O) groups is 1. The Bertz CT molecular complexity index is 498. The van der Waals surface area contributed by atoms with Crippen molar-refractivity contribution in [2.75, 3.05) is 31.6 Å². The predicted molar refractivity (Wildman–Crippen MR) is 98.3 cm³/mol. The smallest absolute Gasteiger partial charge is 0.241 e. The van der Waals surface area contributed by atoms with Crippen LogP contribution >= 0.6 is 0 Å². The summed E-state index contributed by atoms with van der Waals surface area (Å²) in [6.07, 6.45) is 4.84. The summed E-state index contributed by atoms with van der Waals surface area (Å²) in [6, 6.07) is 7.02. The second-order valence-electron chi connectivity index (χ2n) is 6.68. The van der Waals surface area contributed by atoms with Gasteiger partial charge in [-0.05, 0) is 56.1 Å². The Morgan fingerprint density at radius 3 is 2.54 bits per heavy atom. The maximum absolute atomic E-state index is 12.1. The van der Waals surface area contributed by atoms with E-state index in [9.17, 15) is 4.79 Å². The number of nitrogens with zero attached hydrogens (tertiary/aromatic N) is 1. The fourth-order valence-electron chi connectivity index (χ4n) is 2.85. The van der Waals surface area contributed by atoms with Crippen LogP contribution in [0.4, 0.5) is 5.69 Å². The highest BCUT2D eigenvalue weighted by Gasteiger charge is 2.19. The Balaban J connectivity index is 1.74. The van der Waals surface area contributed by atoms with E-state index in [1.165, 1.54) is 32.4 Å². The maximum atomic E-state index is 12.1. The van der Waals surface area contributed by atoms with Crippen molar-refractivity contribution < 1.29 is 9.53 Å². The summed E-state index contributed by atoms with van der Waals surface area (Å²) in [7, 11) is 0. The lowest BCUT2D eigenvalue weighted by Crippen LogP contribution is -2.40. The number of amides is 1. The number of nitrogens with two attached hydrogens (primary N) is 1. The molecular formula is C19H31N3O2. The van der Waals surface area contributed by atoms with Crippen LogP contribution < -0.4 is 15.8 Å².